The lowest BCUT2D eigenvalue weighted by atomic mass is 10.0. The summed E-state index contributed by atoms with van der Waals surface area (Å²) in [5.41, 5.74) is 1.10. The number of methoxy groups -OCH3 is 1. The van der Waals surface area contributed by atoms with E-state index in [1.807, 2.05) is 18.2 Å². The van der Waals surface area contributed by atoms with Crippen LogP contribution < -0.4 is 9.46 Å². The van der Waals surface area contributed by atoms with Gasteiger partial charge in [0, 0.05) is 25.7 Å². The van der Waals surface area contributed by atoms with E-state index in [0.717, 1.165) is 50.1 Å². The van der Waals surface area contributed by atoms with Gasteiger partial charge in [-0.15, -0.1) is 0 Å². The lowest BCUT2D eigenvalue weighted by Gasteiger charge is -2.32. The van der Waals surface area contributed by atoms with Crippen LogP contribution in [0.25, 0.3) is 0 Å². The molecule has 146 valence electrons. The maximum Gasteiger partial charge on any atom is 0.279 e. The van der Waals surface area contributed by atoms with Gasteiger partial charge in [0.15, 0.2) is 0 Å². The third-order valence-electron chi connectivity index (χ3n) is 5.48. The molecule has 1 N–H and O–H groups in total. The Morgan fingerprint density at radius 2 is 2.00 bits per heavy atom. The van der Waals surface area contributed by atoms with Gasteiger partial charge in [0.25, 0.3) is 10.2 Å². The average Bonchev–Trinajstić information content (AvgIpc) is 3.16. The Balaban J connectivity index is 1.73. The van der Waals surface area contributed by atoms with Gasteiger partial charge in [0.05, 0.1) is 7.11 Å². The van der Waals surface area contributed by atoms with Crippen LogP contribution in [-0.2, 0) is 10.2 Å². The summed E-state index contributed by atoms with van der Waals surface area (Å²) in [6, 6.07) is 8.00. The smallest absolute Gasteiger partial charge is 0.279 e. The molecule has 2 fully saturated rings. The quantitative estimate of drug-likeness (QED) is 0.788. The summed E-state index contributed by atoms with van der Waals surface area (Å²) in [5.74, 6) is 1.23. The van der Waals surface area contributed by atoms with Gasteiger partial charge in [-0.25, -0.2) is 4.72 Å². The second kappa shape index (κ2) is 8.69. The highest BCUT2D eigenvalue weighted by Gasteiger charge is 2.30. The molecule has 1 aromatic rings. The molecule has 2 unspecified atom stereocenters. The lowest BCUT2D eigenvalue weighted by molar-refractivity contribution is 0.241. The summed E-state index contributed by atoms with van der Waals surface area (Å²) in [6.07, 6.45) is 4.37. The Labute approximate surface area is 157 Å². The minimum Gasteiger partial charge on any atom is -0.497 e. The number of rotatable bonds is 7. The van der Waals surface area contributed by atoms with Gasteiger partial charge in [-0.1, -0.05) is 19.1 Å². The maximum atomic E-state index is 12.8. The zero-order chi connectivity index (χ0) is 18.6. The van der Waals surface area contributed by atoms with E-state index < -0.39 is 10.2 Å². The summed E-state index contributed by atoms with van der Waals surface area (Å²) in [6.45, 7) is 5.75. The molecule has 2 atom stereocenters. The summed E-state index contributed by atoms with van der Waals surface area (Å²) in [5, 5.41) is 0. The number of hydrogen-bond acceptors (Lipinski definition) is 4. The molecule has 0 radical (unpaired) electrons. The van der Waals surface area contributed by atoms with Crippen molar-refractivity contribution in [3.63, 3.8) is 0 Å². The van der Waals surface area contributed by atoms with Crippen LogP contribution in [0.15, 0.2) is 24.3 Å². The normalized spacial score (nSPS) is 23.8. The van der Waals surface area contributed by atoms with Crippen molar-refractivity contribution in [2.45, 2.75) is 38.6 Å². The Hall–Kier alpha value is -1.15. The number of likely N-dealkylation sites (tertiary alicyclic amines) is 1. The summed E-state index contributed by atoms with van der Waals surface area (Å²) in [7, 11) is -1.78. The topological polar surface area (TPSA) is 61.9 Å². The standard InChI is InChI=1S/C19H31N3O3S/c1-16-7-6-12-22(15-16)26(23,24)20-14-19(21-10-3-4-11-21)17-8-5-9-18(13-17)25-2/h5,8-9,13,16,19-20H,3-4,6-7,10-12,14-15H2,1-2H3. The number of hydrogen-bond donors (Lipinski definition) is 1. The highest BCUT2D eigenvalue weighted by Crippen LogP contribution is 2.27. The molecule has 3 rings (SSSR count). The third-order valence-corrected chi connectivity index (χ3v) is 7.02. The fraction of sp³-hybridized carbons (Fsp3) is 0.684. The van der Waals surface area contributed by atoms with Gasteiger partial charge in [-0.3, -0.25) is 4.90 Å². The molecule has 0 bridgehead atoms. The van der Waals surface area contributed by atoms with Crippen LogP contribution in [0.3, 0.4) is 0 Å². The van der Waals surface area contributed by atoms with E-state index in [4.69, 9.17) is 4.74 Å². The molecule has 0 saturated carbocycles. The first kappa shape index (κ1) is 19.6. The van der Waals surface area contributed by atoms with Crippen molar-refractivity contribution in [2.24, 2.45) is 5.92 Å². The van der Waals surface area contributed by atoms with E-state index >= 15 is 0 Å². The SMILES string of the molecule is COc1cccc(C(CNS(=O)(=O)N2CCCC(C)C2)N2CCCC2)c1. The predicted octanol–water partition coefficient (Wildman–Crippen LogP) is 2.40. The molecule has 2 saturated heterocycles. The monoisotopic (exact) mass is 381 g/mol. The first-order valence-corrected chi connectivity index (χ1v) is 11.1. The number of piperidine rings is 1. The van der Waals surface area contributed by atoms with Crippen molar-refractivity contribution in [2.75, 3.05) is 39.8 Å². The molecule has 1 aromatic carbocycles. The second-order valence-corrected chi connectivity index (χ2v) is 9.25. The van der Waals surface area contributed by atoms with E-state index in [-0.39, 0.29) is 6.04 Å². The largest absolute Gasteiger partial charge is 0.497 e. The molecule has 2 aliphatic heterocycles. The Morgan fingerprint density at radius 1 is 1.23 bits per heavy atom. The van der Waals surface area contributed by atoms with Gasteiger partial charge >= 0.3 is 0 Å². The molecular weight excluding hydrogens is 350 g/mol. The molecule has 6 nitrogen and oxygen atoms in total. The fourth-order valence-corrected chi connectivity index (χ4v) is 5.37. The van der Waals surface area contributed by atoms with Crippen LogP contribution in [0.1, 0.15) is 44.2 Å². The minimum atomic E-state index is -3.44. The van der Waals surface area contributed by atoms with Crippen molar-refractivity contribution < 1.29 is 13.2 Å². The number of benzene rings is 1. The van der Waals surface area contributed by atoms with Gasteiger partial charge in [0.1, 0.15) is 5.75 Å². The second-order valence-electron chi connectivity index (χ2n) is 7.49. The van der Waals surface area contributed by atoms with Crippen LogP contribution in [0.5, 0.6) is 5.75 Å². The van der Waals surface area contributed by atoms with Crippen LogP contribution >= 0.6 is 0 Å². The van der Waals surface area contributed by atoms with Crippen LogP contribution in [0.2, 0.25) is 0 Å². The third kappa shape index (κ3) is 4.76. The summed E-state index contributed by atoms with van der Waals surface area (Å²) in [4.78, 5) is 2.37. The van der Waals surface area contributed by atoms with Crippen LogP contribution in [0, 0.1) is 5.92 Å². The van der Waals surface area contributed by atoms with Crippen molar-refractivity contribution in [3.05, 3.63) is 29.8 Å². The Bertz CT molecular complexity index is 689. The zero-order valence-electron chi connectivity index (χ0n) is 15.9. The lowest BCUT2D eigenvalue weighted by Crippen LogP contribution is -2.47. The molecule has 2 aliphatic rings. The Kier molecular flexibility index (Phi) is 6.55. The number of nitrogens with zero attached hydrogens (tertiary/aromatic N) is 2. The van der Waals surface area contributed by atoms with Gasteiger partial charge in [-0.2, -0.15) is 12.7 Å². The van der Waals surface area contributed by atoms with Gasteiger partial charge in [-0.05, 0) is 62.4 Å². The highest BCUT2D eigenvalue weighted by atomic mass is 32.2. The van der Waals surface area contributed by atoms with Crippen molar-refractivity contribution in [1.29, 1.82) is 0 Å². The van der Waals surface area contributed by atoms with E-state index in [1.165, 1.54) is 0 Å². The summed E-state index contributed by atoms with van der Waals surface area (Å²) < 4.78 is 35.4. The van der Waals surface area contributed by atoms with Crippen molar-refractivity contribution >= 4 is 10.2 Å². The molecular formula is C19H31N3O3S. The van der Waals surface area contributed by atoms with Crippen molar-refractivity contribution in [3.8, 4) is 5.75 Å². The predicted molar refractivity (Wildman–Crippen MR) is 103 cm³/mol. The molecule has 7 heteroatoms. The van der Waals surface area contributed by atoms with E-state index in [1.54, 1.807) is 11.4 Å². The zero-order valence-corrected chi connectivity index (χ0v) is 16.7. The average molecular weight is 382 g/mol. The van der Waals surface area contributed by atoms with Crippen molar-refractivity contribution in [1.82, 2.24) is 13.9 Å². The molecule has 2 heterocycles. The molecule has 0 spiro atoms. The first-order valence-electron chi connectivity index (χ1n) is 9.62. The van der Waals surface area contributed by atoms with E-state index in [2.05, 4.69) is 22.6 Å². The maximum absolute atomic E-state index is 12.8. The fourth-order valence-electron chi connectivity index (χ4n) is 4.00. The molecule has 26 heavy (non-hydrogen) atoms. The molecule has 0 amide bonds. The van der Waals surface area contributed by atoms with Gasteiger partial charge < -0.3 is 4.74 Å². The minimum absolute atomic E-state index is 0.0320. The number of nitrogens with one attached hydrogen (secondary N) is 1. The van der Waals surface area contributed by atoms with Crippen LogP contribution in [-0.4, -0.2) is 57.5 Å². The summed E-state index contributed by atoms with van der Waals surface area (Å²) >= 11 is 0. The van der Waals surface area contributed by atoms with Crippen LogP contribution in [0.4, 0.5) is 0 Å². The molecule has 0 aromatic heterocycles. The molecule has 0 aliphatic carbocycles. The van der Waals surface area contributed by atoms with Gasteiger partial charge in [0.2, 0.25) is 0 Å². The first-order chi connectivity index (χ1) is 12.5. The number of ether oxygens (including phenoxy) is 1. The van der Waals surface area contributed by atoms with E-state index in [9.17, 15) is 8.42 Å². The Morgan fingerprint density at radius 3 is 2.69 bits per heavy atom. The highest BCUT2D eigenvalue weighted by molar-refractivity contribution is 7.87. The van der Waals surface area contributed by atoms with E-state index in [0.29, 0.717) is 25.6 Å².